The summed E-state index contributed by atoms with van der Waals surface area (Å²) in [5.41, 5.74) is 0. The fourth-order valence-corrected chi connectivity index (χ4v) is 2.97. The van der Waals surface area contributed by atoms with Crippen molar-refractivity contribution in [3.8, 4) is 0 Å². The van der Waals surface area contributed by atoms with Crippen molar-refractivity contribution in [3.05, 3.63) is 27.3 Å². The zero-order valence-corrected chi connectivity index (χ0v) is 13.5. The Morgan fingerprint density at radius 2 is 1.59 bits per heavy atom. The molecule has 1 aliphatic rings. The quantitative estimate of drug-likeness (QED) is 0.843. The molecule has 1 saturated heterocycles. The first kappa shape index (κ1) is 15.4. The molecule has 1 N–H and O–H groups in total. The van der Waals surface area contributed by atoms with Gasteiger partial charge in [-0.3, -0.25) is 0 Å². The molecule has 2 heterocycles. The third-order valence-corrected chi connectivity index (χ3v) is 4.61. The maximum absolute atomic E-state index is 11.0. The Balaban J connectivity index is 2.00. The Bertz CT molecular complexity index is 748. The number of nitrogens with zero attached hydrogens (tertiary/aromatic N) is 4. The second-order valence-corrected chi connectivity index (χ2v) is 6.06. The molecule has 0 spiro atoms. The van der Waals surface area contributed by atoms with Crippen LogP contribution in [0.4, 0.5) is 10.6 Å². The molecule has 1 aliphatic heterocycles. The zero-order chi connectivity index (χ0) is 15.9. The fraction of sp³-hybridized carbons (Fsp3) is 0.308. The van der Waals surface area contributed by atoms with Gasteiger partial charge < -0.3 is 14.9 Å². The van der Waals surface area contributed by atoms with Crippen LogP contribution in [0.1, 0.15) is 0 Å². The van der Waals surface area contributed by atoms with Crippen LogP contribution in [-0.2, 0) is 0 Å². The molecule has 1 aromatic carbocycles. The molecule has 0 unspecified atom stereocenters. The number of aromatic nitrogens is 2. The number of rotatable bonds is 1. The molecule has 22 heavy (non-hydrogen) atoms. The summed E-state index contributed by atoms with van der Waals surface area (Å²) in [7, 11) is 0. The lowest BCUT2D eigenvalue weighted by Gasteiger charge is -2.34. The van der Waals surface area contributed by atoms with Crippen LogP contribution < -0.4 is 4.90 Å². The minimum absolute atomic E-state index is 0.251. The van der Waals surface area contributed by atoms with Crippen molar-refractivity contribution >= 4 is 57.5 Å². The molecule has 1 fully saturated rings. The van der Waals surface area contributed by atoms with Crippen molar-refractivity contribution in [2.45, 2.75) is 0 Å². The van der Waals surface area contributed by atoms with E-state index in [2.05, 4.69) is 10.2 Å². The highest BCUT2D eigenvalue weighted by atomic mass is 35.5. The molecule has 116 valence electrons. The van der Waals surface area contributed by atoms with Gasteiger partial charge in [0.05, 0.1) is 10.0 Å². The SMILES string of the molecule is O=C(O)N1CCN(c2nnc(Cl)c3cc(Cl)c(Cl)cc23)CC1. The minimum Gasteiger partial charge on any atom is -0.465 e. The van der Waals surface area contributed by atoms with Crippen molar-refractivity contribution in [2.75, 3.05) is 31.1 Å². The highest BCUT2D eigenvalue weighted by molar-refractivity contribution is 6.43. The minimum atomic E-state index is -0.915. The second kappa shape index (κ2) is 5.95. The number of hydrogen-bond donors (Lipinski definition) is 1. The molecule has 9 heteroatoms. The largest absolute Gasteiger partial charge is 0.465 e. The summed E-state index contributed by atoms with van der Waals surface area (Å²) in [4.78, 5) is 14.3. The average Bonchev–Trinajstić information content (AvgIpc) is 2.50. The molecule has 0 saturated carbocycles. The van der Waals surface area contributed by atoms with E-state index in [9.17, 15) is 4.79 Å². The molecule has 3 rings (SSSR count). The third kappa shape index (κ3) is 2.74. The second-order valence-electron chi connectivity index (χ2n) is 4.88. The van der Waals surface area contributed by atoms with Crippen molar-refractivity contribution < 1.29 is 9.90 Å². The van der Waals surface area contributed by atoms with E-state index in [4.69, 9.17) is 39.9 Å². The van der Waals surface area contributed by atoms with Gasteiger partial charge >= 0.3 is 6.09 Å². The number of carbonyl (C=O) groups is 1. The molecule has 0 aliphatic carbocycles. The highest BCUT2D eigenvalue weighted by Crippen LogP contribution is 2.35. The first-order chi connectivity index (χ1) is 10.5. The number of benzene rings is 1. The van der Waals surface area contributed by atoms with E-state index >= 15 is 0 Å². The molecule has 1 amide bonds. The maximum atomic E-state index is 11.0. The number of anilines is 1. The molecule has 0 bridgehead atoms. The van der Waals surface area contributed by atoms with E-state index < -0.39 is 6.09 Å². The standard InChI is InChI=1S/C13H11Cl3N4O2/c14-9-5-7-8(6-10(9)15)12(18-17-11(7)16)19-1-3-20(4-2-19)13(21)22/h5-6H,1-4H2,(H,21,22). The van der Waals surface area contributed by atoms with Gasteiger partial charge in [0.1, 0.15) is 0 Å². The van der Waals surface area contributed by atoms with Crippen molar-refractivity contribution in [1.29, 1.82) is 0 Å². The van der Waals surface area contributed by atoms with Crippen molar-refractivity contribution in [3.63, 3.8) is 0 Å². The number of carboxylic acid groups (broad SMARTS) is 1. The van der Waals surface area contributed by atoms with Gasteiger partial charge in [0.2, 0.25) is 0 Å². The van der Waals surface area contributed by atoms with E-state index in [-0.39, 0.29) is 5.15 Å². The van der Waals surface area contributed by atoms with Crippen LogP contribution in [0.3, 0.4) is 0 Å². The Labute approximate surface area is 141 Å². The maximum Gasteiger partial charge on any atom is 0.407 e. The lowest BCUT2D eigenvalue weighted by Crippen LogP contribution is -2.48. The summed E-state index contributed by atoms with van der Waals surface area (Å²) < 4.78 is 0. The summed E-state index contributed by atoms with van der Waals surface area (Å²) in [5.74, 6) is 0.628. The van der Waals surface area contributed by atoms with E-state index in [1.54, 1.807) is 12.1 Å². The van der Waals surface area contributed by atoms with Gasteiger partial charge in [-0.05, 0) is 12.1 Å². The topological polar surface area (TPSA) is 69.6 Å². The van der Waals surface area contributed by atoms with Crippen LogP contribution in [0.15, 0.2) is 12.1 Å². The molecule has 2 aromatic rings. The van der Waals surface area contributed by atoms with Crippen molar-refractivity contribution in [1.82, 2.24) is 15.1 Å². The first-order valence-electron chi connectivity index (χ1n) is 6.51. The molecular formula is C13H11Cl3N4O2. The predicted octanol–water partition coefficient (Wildman–Crippen LogP) is 3.39. The molecular weight excluding hydrogens is 351 g/mol. The molecule has 1 aromatic heterocycles. The smallest absolute Gasteiger partial charge is 0.407 e. The summed E-state index contributed by atoms with van der Waals surface area (Å²) in [5, 5.41) is 19.6. The fourth-order valence-electron chi connectivity index (χ4n) is 2.44. The lowest BCUT2D eigenvalue weighted by atomic mass is 10.1. The molecule has 0 radical (unpaired) electrons. The van der Waals surface area contributed by atoms with E-state index in [0.717, 1.165) is 5.39 Å². The van der Waals surface area contributed by atoms with Gasteiger partial charge in [0, 0.05) is 37.0 Å². The van der Waals surface area contributed by atoms with Gasteiger partial charge in [0.15, 0.2) is 11.0 Å². The third-order valence-electron chi connectivity index (χ3n) is 3.61. The Morgan fingerprint density at radius 3 is 2.18 bits per heavy atom. The van der Waals surface area contributed by atoms with E-state index in [1.807, 2.05) is 4.90 Å². The van der Waals surface area contributed by atoms with Crippen LogP contribution in [-0.4, -0.2) is 52.5 Å². The highest BCUT2D eigenvalue weighted by Gasteiger charge is 2.23. The number of halogens is 3. The Morgan fingerprint density at radius 1 is 1.00 bits per heavy atom. The Kier molecular flexibility index (Phi) is 4.16. The predicted molar refractivity (Wildman–Crippen MR) is 86.4 cm³/mol. The first-order valence-corrected chi connectivity index (χ1v) is 7.64. The number of piperazine rings is 1. The van der Waals surface area contributed by atoms with Gasteiger partial charge in [-0.15, -0.1) is 10.2 Å². The van der Waals surface area contributed by atoms with E-state index in [0.29, 0.717) is 47.4 Å². The summed E-state index contributed by atoms with van der Waals surface area (Å²) >= 11 is 18.2. The van der Waals surface area contributed by atoms with Crippen molar-refractivity contribution in [2.24, 2.45) is 0 Å². The normalized spacial score (nSPS) is 15.4. The van der Waals surface area contributed by atoms with Gasteiger partial charge in [-0.2, -0.15) is 0 Å². The van der Waals surface area contributed by atoms with Crippen LogP contribution in [0.25, 0.3) is 10.8 Å². The van der Waals surface area contributed by atoms with Gasteiger partial charge in [0.25, 0.3) is 0 Å². The van der Waals surface area contributed by atoms with E-state index in [1.165, 1.54) is 4.90 Å². The van der Waals surface area contributed by atoms with Gasteiger partial charge in [-0.25, -0.2) is 4.79 Å². The lowest BCUT2D eigenvalue weighted by molar-refractivity contribution is 0.142. The van der Waals surface area contributed by atoms with Gasteiger partial charge in [-0.1, -0.05) is 34.8 Å². The number of fused-ring (bicyclic) bond motifs is 1. The monoisotopic (exact) mass is 360 g/mol. The Hall–Kier alpha value is -1.50. The number of amides is 1. The van der Waals surface area contributed by atoms with Crippen LogP contribution in [0.5, 0.6) is 0 Å². The average molecular weight is 362 g/mol. The number of hydrogen-bond acceptors (Lipinski definition) is 4. The van der Waals surface area contributed by atoms with Crippen LogP contribution in [0.2, 0.25) is 15.2 Å². The molecule has 0 atom stereocenters. The van der Waals surface area contributed by atoms with Crippen LogP contribution in [0, 0.1) is 0 Å². The molecule has 6 nitrogen and oxygen atoms in total. The van der Waals surface area contributed by atoms with Crippen LogP contribution >= 0.6 is 34.8 Å². The summed E-state index contributed by atoms with van der Waals surface area (Å²) in [6.45, 7) is 1.86. The summed E-state index contributed by atoms with van der Waals surface area (Å²) in [6, 6.07) is 3.37. The summed E-state index contributed by atoms with van der Waals surface area (Å²) in [6.07, 6.45) is -0.915. The zero-order valence-electron chi connectivity index (χ0n) is 11.3.